The van der Waals surface area contributed by atoms with Crippen LogP contribution < -0.4 is 5.32 Å². The molecule has 1 saturated heterocycles. The number of nitrogens with one attached hydrogen (secondary N) is 1. The molecule has 114 valence electrons. The number of hydrogen-bond donors (Lipinski definition) is 1. The van der Waals surface area contributed by atoms with Crippen molar-refractivity contribution in [3.8, 4) is 0 Å². The van der Waals surface area contributed by atoms with E-state index in [4.69, 9.17) is 0 Å². The van der Waals surface area contributed by atoms with Gasteiger partial charge < -0.3 is 5.32 Å². The standard InChI is InChI=1S/C16H30N4/c1-5-7-15-11-20(13(3)8-9-17-15)12-16-10-14(6-2)18-19(16)4/h10,13,15,17H,5-9,11-12H2,1-4H3. The highest BCUT2D eigenvalue weighted by Crippen LogP contribution is 2.16. The Balaban J connectivity index is 2.05. The zero-order valence-electron chi connectivity index (χ0n) is 13.5. The SMILES string of the molecule is CCCC1CN(Cc2cc(CC)nn2C)C(C)CCN1. The minimum Gasteiger partial charge on any atom is -0.313 e. The topological polar surface area (TPSA) is 33.1 Å². The zero-order chi connectivity index (χ0) is 14.5. The summed E-state index contributed by atoms with van der Waals surface area (Å²) in [6.07, 6.45) is 4.78. The van der Waals surface area contributed by atoms with Crippen molar-refractivity contribution in [2.75, 3.05) is 13.1 Å². The molecule has 4 heteroatoms. The molecule has 0 amide bonds. The summed E-state index contributed by atoms with van der Waals surface area (Å²) in [4.78, 5) is 2.62. The van der Waals surface area contributed by atoms with Crippen LogP contribution in [-0.4, -0.2) is 39.9 Å². The van der Waals surface area contributed by atoms with E-state index < -0.39 is 0 Å². The van der Waals surface area contributed by atoms with Crippen LogP contribution in [0.15, 0.2) is 6.07 Å². The summed E-state index contributed by atoms with van der Waals surface area (Å²) in [5.74, 6) is 0. The molecular weight excluding hydrogens is 248 g/mol. The lowest BCUT2D eigenvalue weighted by atomic mass is 10.1. The van der Waals surface area contributed by atoms with E-state index in [1.165, 1.54) is 30.7 Å². The molecule has 2 heterocycles. The molecule has 1 aromatic heterocycles. The van der Waals surface area contributed by atoms with E-state index in [-0.39, 0.29) is 0 Å². The second-order valence-corrected chi connectivity index (χ2v) is 6.11. The molecule has 1 aliphatic rings. The Kier molecular flexibility index (Phi) is 5.61. The van der Waals surface area contributed by atoms with Crippen LogP contribution in [0.2, 0.25) is 0 Å². The van der Waals surface area contributed by atoms with Crippen molar-refractivity contribution < 1.29 is 0 Å². The second kappa shape index (κ2) is 7.23. The van der Waals surface area contributed by atoms with Gasteiger partial charge >= 0.3 is 0 Å². The third-order valence-electron chi connectivity index (χ3n) is 4.47. The minimum atomic E-state index is 0.642. The van der Waals surface area contributed by atoms with E-state index in [2.05, 4.69) is 53.9 Å². The monoisotopic (exact) mass is 278 g/mol. The molecule has 4 nitrogen and oxygen atoms in total. The van der Waals surface area contributed by atoms with Gasteiger partial charge in [-0.2, -0.15) is 5.10 Å². The Hall–Kier alpha value is -0.870. The molecule has 0 aliphatic carbocycles. The van der Waals surface area contributed by atoms with Crippen molar-refractivity contribution in [1.82, 2.24) is 20.0 Å². The van der Waals surface area contributed by atoms with Crippen LogP contribution in [0, 0.1) is 0 Å². The van der Waals surface area contributed by atoms with E-state index >= 15 is 0 Å². The van der Waals surface area contributed by atoms with Crippen LogP contribution in [0.1, 0.15) is 51.4 Å². The first-order valence-corrected chi connectivity index (χ1v) is 8.13. The van der Waals surface area contributed by atoms with E-state index in [0.717, 1.165) is 26.1 Å². The molecule has 2 atom stereocenters. The molecule has 2 unspecified atom stereocenters. The molecule has 0 aromatic carbocycles. The molecule has 1 aromatic rings. The normalized spacial score (nSPS) is 24.8. The number of hydrogen-bond acceptors (Lipinski definition) is 3. The zero-order valence-corrected chi connectivity index (χ0v) is 13.5. The van der Waals surface area contributed by atoms with E-state index in [1.54, 1.807) is 0 Å². The molecule has 0 radical (unpaired) electrons. The first kappa shape index (κ1) is 15.5. The van der Waals surface area contributed by atoms with Gasteiger partial charge in [-0.25, -0.2) is 0 Å². The van der Waals surface area contributed by atoms with Gasteiger partial charge in [-0.3, -0.25) is 9.58 Å². The molecule has 0 spiro atoms. The third-order valence-corrected chi connectivity index (χ3v) is 4.47. The van der Waals surface area contributed by atoms with E-state index in [0.29, 0.717) is 12.1 Å². The number of aryl methyl sites for hydroxylation is 2. The van der Waals surface area contributed by atoms with Crippen molar-refractivity contribution in [2.24, 2.45) is 7.05 Å². The Morgan fingerprint density at radius 3 is 2.85 bits per heavy atom. The third kappa shape index (κ3) is 3.83. The van der Waals surface area contributed by atoms with Crippen molar-refractivity contribution >= 4 is 0 Å². The van der Waals surface area contributed by atoms with E-state index in [1.807, 2.05) is 0 Å². The van der Waals surface area contributed by atoms with Gasteiger partial charge in [0.25, 0.3) is 0 Å². The fraction of sp³-hybridized carbons (Fsp3) is 0.812. The maximum atomic E-state index is 4.57. The highest BCUT2D eigenvalue weighted by molar-refractivity contribution is 5.10. The van der Waals surface area contributed by atoms with Crippen LogP contribution in [0.3, 0.4) is 0 Å². The molecule has 1 aliphatic heterocycles. The molecule has 1 fully saturated rings. The van der Waals surface area contributed by atoms with Gasteiger partial charge in [0, 0.05) is 32.2 Å². The molecule has 20 heavy (non-hydrogen) atoms. The second-order valence-electron chi connectivity index (χ2n) is 6.11. The van der Waals surface area contributed by atoms with Crippen LogP contribution in [0.5, 0.6) is 0 Å². The molecule has 0 bridgehead atoms. The highest BCUT2D eigenvalue weighted by atomic mass is 15.3. The van der Waals surface area contributed by atoms with Gasteiger partial charge in [0.05, 0.1) is 11.4 Å². The highest BCUT2D eigenvalue weighted by Gasteiger charge is 2.23. The number of rotatable bonds is 5. The lowest BCUT2D eigenvalue weighted by Crippen LogP contribution is -2.39. The van der Waals surface area contributed by atoms with Crippen molar-refractivity contribution in [1.29, 1.82) is 0 Å². The predicted octanol–water partition coefficient (Wildman–Crippen LogP) is 2.33. The summed E-state index contributed by atoms with van der Waals surface area (Å²) < 4.78 is 2.05. The van der Waals surface area contributed by atoms with Crippen molar-refractivity contribution in [3.05, 3.63) is 17.5 Å². The average Bonchev–Trinajstić information content (AvgIpc) is 2.68. The summed E-state index contributed by atoms with van der Waals surface area (Å²) in [5, 5.41) is 8.27. The maximum absolute atomic E-state index is 4.57. The quantitative estimate of drug-likeness (QED) is 0.897. The Labute approximate surface area is 123 Å². The summed E-state index contributed by atoms with van der Waals surface area (Å²) in [6, 6.07) is 3.55. The summed E-state index contributed by atoms with van der Waals surface area (Å²) in [7, 11) is 2.07. The smallest absolute Gasteiger partial charge is 0.0625 e. The van der Waals surface area contributed by atoms with Gasteiger partial charge in [0.1, 0.15) is 0 Å². The van der Waals surface area contributed by atoms with Crippen LogP contribution in [-0.2, 0) is 20.0 Å². The fourth-order valence-corrected chi connectivity index (χ4v) is 3.07. The van der Waals surface area contributed by atoms with Gasteiger partial charge in [-0.15, -0.1) is 0 Å². The Bertz CT molecular complexity index is 413. The largest absolute Gasteiger partial charge is 0.313 e. The minimum absolute atomic E-state index is 0.642. The van der Waals surface area contributed by atoms with Crippen molar-refractivity contribution in [2.45, 2.75) is 65.1 Å². The molecular formula is C16H30N4. The Morgan fingerprint density at radius 1 is 1.40 bits per heavy atom. The summed E-state index contributed by atoms with van der Waals surface area (Å²) in [5.41, 5.74) is 2.54. The molecule has 2 rings (SSSR count). The van der Waals surface area contributed by atoms with Crippen LogP contribution in [0.25, 0.3) is 0 Å². The van der Waals surface area contributed by atoms with Gasteiger partial charge in [-0.1, -0.05) is 20.3 Å². The van der Waals surface area contributed by atoms with Crippen LogP contribution in [0.4, 0.5) is 0 Å². The maximum Gasteiger partial charge on any atom is 0.0625 e. The first-order chi connectivity index (χ1) is 9.63. The fourth-order valence-electron chi connectivity index (χ4n) is 3.07. The first-order valence-electron chi connectivity index (χ1n) is 8.13. The predicted molar refractivity (Wildman–Crippen MR) is 83.8 cm³/mol. The van der Waals surface area contributed by atoms with Gasteiger partial charge in [0.15, 0.2) is 0 Å². The van der Waals surface area contributed by atoms with E-state index in [9.17, 15) is 0 Å². The summed E-state index contributed by atoms with van der Waals surface area (Å²) in [6.45, 7) is 10.1. The summed E-state index contributed by atoms with van der Waals surface area (Å²) >= 11 is 0. The number of aromatic nitrogens is 2. The lowest BCUT2D eigenvalue weighted by molar-refractivity contribution is 0.188. The van der Waals surface area contributed by atoms with Gasteiger partial charge in [-0.05, 0) is 38.8 Å². The number of nitrogens with zero attached hydrogens (tertiary/aromatic N) is 3. The van der Waals surface area contributed by atoms with Crippen LogP contribution >= 0.6 is 0 Å². The molecule has 1 N–H and O–H groups in total. The average molecular weight is 278 g/mol. The van der Waals surface area contributed by atoms with Gasteiger partial charge in [0.2, 0.25) is 0 Å². The lowest BCUT2D eigenvalue weighted by Gasteiger charge is -2.28. The Morgan fingerprint density at radius 2 is 2.20 bits per heavy atom. The molecule has 0 saturated carbocycles. The van der Waals surface area contributed by atoms with Crippen molar-refractivity contribution in [3.63, 3.8) is 0 Å².